The molecule has 9 heteroatoms. The number of nitrogens with zero attached hydrogens (tertiary/aromatic N) is 3. The SMILES string of the molecule is CC(C)(C)OC(=O)NC(C)(C)C(=O)On1nnc2ccccc2c1=O. The lowest BCUT2D eigenvalue weighted by molar-refractivity contribution is -0.153. The number of rotatable bonds is 3. The topological polar surface area (TPSA) is 112 Å². The average Bonchev–Trinajstić information content (AvgIpc) is 2.47. The second-order valence-corrected chi connectivity index (χ2v) is 6.92. The first-order chi connectivity index (χ1) is 11.5. The van der Waals surface area contributed by atoms with E-state index in [1.807, 2.05) is 0 Å². The maximum Gasteiger partial charge on any atom is 0.408 e. The van der Waals surface area contributed by atoms with Crippen molar-refractivity contribution in [2.75, 3.05) is 0 Å². The number of benzene rings is 1. The zero-order valence-corrected chi connectivity index (χ0v) is 14.7. The van der Waals surface area contributed by atoms with Gasteiger partial charge in [-0.3, -0.25) is 4.79 Å². The first-order valence-electron chi connectivity index (χ1n) is 7.58. The van der Waals surface area contributed by atoms with E-state index in [1.54, 1.807) is 45.0 Å². The highest BCUT2D eigenvalue weighted by molar-refractivity contribution is 5.85. The lowest BCUT2D eigenvalue weighted by Gasteiger charge is -2.26. The molecule has 0 fully saturated rings. The molecular formula is C16H20N4O5. The summed E-state index contributed by atoms with van der Waals surface area (Å²) in [4.78, 5) is 41.9. The highest BCUT2D eigenvalue weighted by atomic mass is 16.7. The molecule has 0 saturated carbocycles. The first-order valence-corrected chi connectivity index (χ1v) is 7.58. The molecule has 0 saturated heterocycles. The molecule has 1 aromatic heterocycles. The molecule has 0 spiro atoms. The van der Waals surface area contributed by atoms with Crippen LogP contribution in [0.3, 0.4) is 0 Å². The summed E-state index contributed by atoms with van der Waals surface area (Å²) < 4.78 is 5.10. The number of hydrogen-bond acceptors (Lipinski definition) is 7. The Labute approximate surface area is 143 Å². The summed E-state index contributed by atoms with van der Waals surface area (Å²) in [5.41, 5.74) is -2.42. The summed E-state index contributed by atoms with van der Waals surface area (Å²) in [5, 5.41) is 10.0. The number of fused-ring (bicyclic) bond motifs is 1. The smallest absolute Gasteiger partial charge is 0.408 e. The molecule has 25 heavy (non-hydrogen) atoms. The van der Waals surface area contributed by atoms with Crippen molar-refractivity contribution in [3.05, 3.63) is 34.6 Å². The largest absolute Gasteiger partial charge is 0.444 e. The van der Waals surface area contributed by atoms with Crippen LogP contribution in [0.2, 0.25) is 0 Å². The molecule has 134 valence electrons. The van der Waals surface area contributed by atoms with Crippen molar-refractivity contribution in [3.8, 4) is 0 Å². The van der Waals surface area contributed by atoms with Crippen LogP contribution in [0.5, 0.6) is 0 Å². The molecule has 0 unspecified atom stereocenters. The van der Waals surface area contributed by atoms with Gasteiger partial charge in [0.05, 0.1) is 5.39 Å². The second-order valence-electron chi connectivity index (χ2n) is 6.92. The van der Waals surface area contributed by atoms with E-state index >= 15 is 0 Å². The minimum Gasteiger partial charge on any atom is -0.444 e. The van der Waals surface area contributed by atoms with E-state index in [4.69, 9.17) is 9.57 Å². The molecule has 0 bridgehead atoms. The molecule has 0 atom stereocenters. The Balaban J connectivity index is 2.17. The third kappa shape index (κ3) is 4.52. The van der Waals surface area contributed by atoms with E-state index in [9.17, 15) is 14.4 Å². The summed E-state index contributed by atoms with van der Waals surface area (Å²) in [6.07, 6.45) is -0.786. The van der Waals surface area contributed by atoms with Crippen LogP contribution in [-0.4, -0.2) is 38.4 Å². The maximum atomic E-state index is 12.3. The molecule has 0 aliphatic heterocycles. The molecule has 0 aliphatic carbocycles. The van der Waals surface area contributed by atoms with Gasteiger partial charge in [-0.1, -0.05) is 12.1 Å². The molecule has 2 aromatic rings. The molecule has 1 N–H and O–H groups in total. The Bertz CT molecular complexity index is 867. The number of aromatic nitrogens is 3. The van der Waals surface area contributed by atoms with Gasteiger partial charge in [0, 0.05) is 0 Å². The van der Waals surface area contributed by atoms with Gasteiger partial charge in [0.1, 0.15) is 16.7 Å². The third-order valence-electron chi connectivity index (χ3n) is 3.04. The molecule has 0 radical (unpaired) electrons. The van der Waals surface area contributed by atoms with E-state index < -0.39 is 28.8 Å². The van der Waals surface area contributed by atoms with E-state index in [0.717, 1.165) is 0 Å². The number of ether oxygens (including phenoxy) is 1. The lowest BCUT2D eigenvalue weighted by Crippen LogP contribution is -2.55. The van der Waals surface area contributed by atoms with Gasteiger partial charge < -0.3 is 14.9 Å². The van der Waals surface area contributed by atoms with Gasteiger partial charge in [-0.15, -0.1) is 5.10 Å². The Hall–Kier alpha value is -2.97. The maximum absolute atomic E-state index is 12.3. The Morgan fingerprint density at radius 2 is 1.76 bits per heavy atom. The third-order valence-corrected chi connectivity index (χ3v) is 3.04. The monoisotopic (exact) mass is 348 g/mol. The average molecular weight is 348 g/mol. The standard InChI is InChI=1S/C16H20N4O5/c1-15(2,3)24-14(23)17-16(4,5)13(22)25-20-12(21)10-8-6-7-9-11(10)18-19-20/h6-9H,1-5H3,(H,17,23). The molecule has 2 rings (SSSR count). The van der Waals surface area contributed by atoms with Gasteiger partial charge in [-0.05, 0) is 56.8 Å². The fraction of sp³-hybridized carbons (Fsp3) is 0.438. The van der Waals surface area contributed by atoms with E-state index in [0.29, 0.717) is 10.4 Å². The van der Waals surface area contributed by atoms with Crippen LogP contribution in [0, 0.1) is 0 Å². The van der Waals surface area contributed by atoms with Gasteiger partial charge in [0.15, 0.2) is 0 Å². The fourth-order valence-corrected chi connectivity index (χ4v) is 1.84. The Morgan fingerprint density at radius 1 is 1.12 bits per heavy atom. The summed E-state index contributed by atoms with van der Waals surface area (Å²) in [6.45, 7) is 7.92. The molecule has 1 heterocycles. The minimum absolute atomic E-state index is 0.253. The number of alkyl carbamates (subject to hydrolysis) is 1. The van der Waals surface area contributed by atoms with Crippen LogP contribution in [0.4, 0.5) is 4.79 Å². The van der Waals surface area contributed by atoms with Crippen LogP contribution in [-0.2, 0) is 9.53 Å². The molecule has 0 aliphatic rings. The highest BCUT2D eigenvalue weighted by Crippen LogP contribution is 2.10. The minimum atomic E-state index is -1.45. The first kappa shape index (κ1) is 18.4. The molecule has 1 amide bonds. The van der Waals surface area contributed by atoms with Crippen LogP contribution in [0.1, 0.15) is 34.6 Å². The van der Waals surface area contributed by atoms with Crippen LogP contribution < -0.4 is 15.7 Å². The summed E-state index contributed by atoms with van der Waals surface area (Å²) in [5.74, 6) is -0.898. The predicted octanol–water partition coefficient (Wildman–Crippen LogP) is 1.05. The second kappa shape index (κ2) is 6.50. The summed E-state index contributed by atoms with van der Waals surface area (Å²) in [7, 11) is 0. The highest BCUT2D eigenvalue weighted by Gasteiger charge is 2.34. The van der Waals surface area contributed by atoms with E-state index in [1.165, 1.54) is 13.8 Å². The van der Waals surface area contributed by atoms with Crippen LogP contribution >= 0.6 is 0 Å². The Morgan fingerprint density at radius 3 is 2.40 bits per heavy atom. The van der Waals surface area contributed by atoms with Gasteiger partial charge in [-0.2, -0.15) is 0 Å². The van der Waals surface area contributed by atoms with Gasteiger partial charge in [0.2, 0.25) is 0 Å². The molecular weight excluding hydrogens is 328 g/mol. The summed E-state index contributed by atoms with van der Waals surface area (Å²) in [6, 6.07) is 6.52. The van der Waals surface area contributed by atoms with Gasteiger partial charge in [0.25, 0.3) is 0 Å². The quantitative estimate of drug-likeness (QED) is 0.825. The lowest BCUT2D eigenvalue weighted by atomic mass is 10.1. The predicted molar refractivity (Wildman–Crippen MR) is 88.8 cm³/mol. The Kier molecular flexibility index (Phi) is 4.78. The van der Waals surface area contributed by atoms with E-state index in [-0.39, 0.29) is 5.39 Å². The van der Waals surface area contributed by atoms with Gasteiger partial charge >= 0.3 is 17.6 Å². The zero-order chi connectivity index (χ0) is 18.8. The number of amides is 1. The van der Waals surface area contributed by atoms with Crippen molar-refractivity contribution >= 4 is 23.0 Å². The normalized spacial score (nSPS) is 11.9. The van der Waals surface area contributed by atoms with Crippen molar-refractivity contribution in [1.82, 2.24) is 20.5 Å². The van der Waals surface area contributed by atoms with Gasteiger partial charge in [-0.25, -0.2) is 9.59 Å². The van der Waals surface area contributed by atoms with Crippen LogP contribution in [0.25, 0.3) is 10.9 Å². The number of carbonyl (C=O) groups excluding carboxylic acids is 2. The van der Waals surface area contributed by atoms with Crippen molar-refractivity contribution < 1.29 is 19.2 Å². The van der Waals surface area contributed by atoms with Crippen LogP contribution in [0.15, 0.2) is 29.1 Å². The number of hydrogen-bond donors (Lipinski definition) is 1. The van der Waals surface area contributed by atoms with E-state index in [2.05, 4.69) is 15.6 Å². The zero-order valence-electron chi connectivity index (χ0n) is 14.7. The van der Waals surface area contributed by atoms with Crippen molar-refractivity contribution in [3.63, 3.8) is 0 Å². The fourth-order valence-electron chi connectivity index (χ4n) is 1.84. The summed E-state index contributed by atoms with van der Waals surface area (Å²) >= 11 is 0. The van der Waals surface area contributed by atoms with Crippen molar-refractivity contribution in [1.29, 1.82) is 0 Å². The molecule has 1 aromatic carbocycles. The van der Waals surface area contributed by atoms with Crippen molar-refractivity contribution in [2.45, 2.75) is 45.8 Å². The number of nitrogens with one attached hydrogen (secondary N) is 1. The van der Waals surface area contributed by atoms with Crippen molar-refractivity contribution in [2.24, 2.45) is 0 Å². The number of carbonyl (C=O) groups is 2. The molecule has 9 nitrogen and oxygen atoms in total.